The number of fused-ring (bicyclic) bond motifs is 1. The monoisotopic (exact) mass is 470 g/mol. The third kappa shape index (κ3) is 3.79. The van der Waals surface area contributed by atoms with Gasteiger partial charge in [0.15, 0.2) is 0 Å². The number of nitriles is 1. The fraction of sp³-hybridized carbons (Fsp3) is 0.500. The molecular weight excluding hydrogens is 444 g/mol. The van der Waals surface area contributed by atoms with Gasteiger partial charge in [-0.2, -0.15) is 5.26 Å². The lowest BCUT2D eigenvalue weighted by Crippen LogP contribution is -2.48. The van der Waals surface area contributed by atoms with Crippen LogP contribution in [-0.2, 0) is 17.2 Å². The van der Waals surface area contributed by atoms with Crippen molar-refractivity contribution < 1.29 is 9.32 Å². The standard InChI is InChI=1S/C24H27ClN4O2S/c25-18-4-2-16(3-5-18)17-6-11-29(12-7-17)23-20(14-26)19-8-13-32(31)21(19)22(27-23)28-24(15-30)9-1-10-24/h2-5,17,30H,1,6-13,15H2,(H,27,28). The molecule has 0 radical (unpaired) electrons. The van der Waals surface area contributed by atoms with Crippen LogP contribution in [0.5, 0.6) is 0 Å². The number of pyridine rings is 1. The summed E-state index contributed by atoms with van der Waals surface area (Å²) in [5.41, 5.74) is 2.34. The molecule has 1 aromatic heterocycles. The number of aliphatic hydroxyl groups is 1. The lowest BCUT2D eigenvalue weighted by molar-refractivity contribution is 0.143. The second kappa shape index (κ2) is 8.66. The number of nitrogens with one attached hydrogen (secondary N) is 1. The van der Waals surface area contributed by atoms with Gasteiger partial charge in [0, 0.05) is 23.9 Å². The second-order valence-corrected chi connectivity index (χ2v) is 11.1. The van der Waals surface area contributed by atoms with Crippen molar-refractivity contribution in [3.05, 3.63) is 46.0 Å². The van der Waals surface area contributed by atoms with Crippen molar-refractivity contribution in [2.45, 2.75) is 54.9 Å². The van der Waals surface area contributed by atoms with Crippen molar-refractivity contribution in [2.24, 2.45) is 0 Å². The summed E-state index contributed by atoms with van der Waals surface area (Å²) in [5.74, 6) is 2.27. The fourth-order valence-corrected chi connectivity index (χ4v) is 6.66. The Bertz CT molecular complexity index is 1080. The average Bonchev–Trinajstić information content (AvgIpc) is 3.18. The molecule has 3 aliphatic rings. The Labute approximate surface area is 196 Å². The summed E-state index contributed by atoms with van der Waals surface area (Å²) in [5, 5.41) is 24.1. The molecule has 8 heteroatoms. The summed E-state index contributed by atoms with van der Waals surface area (Å²) >= 11 is 6.04. The zero-order valence-corrected chi connectivity index (χ0v) is 19.5. The van der Waals surface area contributed by atoms with Gasteiger partial charge in [0.25, 0.3) is 0 Å². The molecule has 2 fully saturated rings. The fourth-order valence-electron chi connectivity index (χ4n) is 5.15. The highest BCUT2D eigenvalue weighted by Gasteiger charge is 2.39. The number of aliphatic hydroxyl groups excluding tert-OH is 1. The molecule has 0 spiro atoms. The Kier molecular flexibility index (Phi) is 5.87. The number of nitrogens with zero attached hydrogens (tertiary/aromatic N) is 3. The maximum absolute atomic E-state index is 12.8. The highest BCUT2D eigenvalue weighted by Crippen LogP contribution is 2.42. The molecule has 32 heavy (non-hydrogen) atoms. The van der Waals surface area contributed by atoms with Crippen molar-refractivity contribution in [2.75, 3.05) is 35.7 Å². The van der Waals surface area contributed by atoms with Gasteiger partial charge < -0.3 is 15.3 Å². The number of anilines is 2. The number of halogens is 1. The molecule has 1 aliphatic carbocycles. The van der Waals surface area contributed by atoms with E-state index in [1.807, 2.05) is 12.1 Å². The van der Waals surface area contributed by atoms with Gasteiger partial charge in [0.1, 0.15) is 17.7 Å². The SMILES string of the molecule is N#Cc1c(N2CCC(c3ccc(Cl)cc3)CC2)nc(NC2(CO)CCC2)c2c1CCS2=O. The minimum absolute atomic E-state index is 0.0257. The van der Waals surface area contributed by atoms with Crippen LogP contribution < -0.4 is 10.2 Å². The van der Waals surface area contributed by atoms with Crippen LogP contribution in [0, 0.1) is 11.3 Å². The summed E-state index contributed by atoms with van der Waals surface area (Å²) in [6.45, 7) is 1.64. The van der Waals surface area contributed by atoms with Crippen molar-refractivity contribution in [1.82, 2.24) is 4.98 Å². The predicted octanol–water partition coefficient (Wildman–Crippen LogP) is 3.98. The first-order chi connectivity index (χ1) is 15.5. The van der Waals surface area contributed by atoms with Gasteiger partial charge in [-0.1, -0.05) is 23.7 Å². The molecule has 1 atom stereocenters. The first-order valence-corrected chi connectivity index (χ1v) is 13.0. The minimum Gasteiger partial charge on any atom is -0.394 e. The zero-order chi connectivity index (χ0) is 22.3. The Hall–Kier alpha value is -2.14. The van der Waals surface area contributed by atoms with E-state index in [9.17, 15) is 14.6 Å². The number of aromatic nitrogens is 1. The summed E-state index contributed by atoms with van der Waals surface area (Å²) in [6, 6.07) is 10.4. The van der Waals surface area contributed by atoms with Crippen molar-refractivity contribution in [1.29, 1.82) is 5.26 Å². The van der Waals surface area contributed by atoms with Crippen LogP contribution in [0.2, 0.25) is 5.02 Å². The van der Waals surface area contributed by atoms with Crippen LogP contribution in [0.1, 0.15) is 54.7 Å². The summed E-state index contributed by atoms with van der Waals surface area (Å²) in [7, 11) is -1.17. The van der Waals surface area contributed by atoms with Crippen LogP contribution in [0.25, 0.3) is 0 Å². The number of piperidine rings is 1. The van der Waals surface area contributed by atoms with E-state index in [1.54, 1.807) is 0 Å². The van der Waals surface area contributed by atoms with E-state index in [1.165, 1.54) is 5.56 Å². The van der Waals surface area contributed by atoms with Gasteiger partial charge >= 0.3 is 0 Å². The number of hydrogen-bond acceptors (Lipinski definition) is 6. The summed E-state index contributed by atoms with van der Waals surface area (Å²) in [4.78, 5) is 7.75. The van der Waals surface area contributed by atoms with Crippen LogP contribution in [-0.4, -0.2) is 45.3 Å². The van der Waals surface area contributed by atoms with E-state index in [0.717, 1.165) is 55.8 Å². The average molecular weight is 471 g/mol. The molecule has 0 amide bonds. The Morgan fingerprint density at radius 2 is 2.00 bits per heavy atom. The smallest absolute Gasteiger partial charge is 0.149 e. The van der Waals surface area contributed by atoms with Crippen LogP contribution >= 0.6 is 11.6 Å². The molecule has 3 heterocycles. The highest BCUT2D eigenvalue weighted by atomic mass is 35.5. The molecule has 2 N–H and O–H groups in total. The van der Waals surface area contributed by atoms with E-state index in [4.69, 9.17) is 16.6 Å². The molecular formula is C24H27ClN4O2S. The molecule has 2 aliphatic heterocycles. The molecule has 168 valence electrons. The third-order valence-corrected chi connectivity index (χ3v) is 8.96. The van der Waals surface area contributed by atoms with E-state index in [0.29, 0.717) is 40.2 Å². The van der Waals surface area contributed by atoms with Crippen LogP contribution in [0.3, 0.4) is 0 Å². The summed E-state index contributed by atoms with van der Waals surface area (Å²) in [6.07, 6.45) is 5.37. The summed E-state index contributed by atoms with van der Waals surface area (Å²) < 4.78 is 12.8. The van der Waals surface area contributed by atoms with E-state index in [2.05, 4.69) is 28.4 Å². The van der Waals surface area contributed by atoms with Crippen LogP contribution in [0.4, 0.5) is 11.6 Å². The molecule has 1 saturated heterocycles. The molecule has 1 saturated carbocycles. The zero-order valence-electron chi connectivity index (χ0n) is 17.9. The van der Waals surface area contributed by atoms with Crippen molar-refractivity contribution >= 4 is 34.0 Å². The van der Waals surface area contributed by atoms with Gasteiger partial charge in [-0.3, -0.25) is 4.21 Å². The molecule has 5 rings (SSSR count). The Morgan fingerprint density at radius 3 is 2.59 bits per heavy atom. The van der Waals surface area contributed by atoms with Crippen molar-refractivity contribution in [3.63, 3.8) is 0 Å². The van der Waals surface area contributed by atoms with Gasteiger partial charge in [-0.25, -0.2) is 4.98 Å². The number of hydrogen-bond donors (Lipinski definition) is 2. The third-order valence-electron chi connectivity index (χ3n) is 7.24. The normalized spacial score (nSPS) is 22.2. The van der Waals surface area contributed by atoms with Gasteiger partial charge in [-0.15, -0.1) is 0 Å². The topological polar surface area (TPSA) is 89.2 Å². The molecule has 6 nitrogen and oxygen atoms in total. The maximum Gasteiger partial charge on any atom is 0.149 e. The minimum atomic E-state index is -1.17. The maximum atomic E-state index is 12.8. The first-order valence-electron chi connectivity index (χ1n) is 11.3. The van der Waals surface area contributed by atoms with Crippen molar-refractivity contribution in [3.8, 4) is 6.07 Å². The lowest BCUT2D eigenvalue weighted by Gasteiger charge is -2.42. The number of rotatable bonds is 5. The van der Waals surface area contributed by atoms with E-state index < -0.39 is 10.8 Å². The van der Waals surface area contributed by atoms with Gasteiger partial charge in [0.2, 0.25) is 0 Å². The van der Waals surface area contributed by atoms with Gasteiger partial charge in [0.05, 0.1) is 33.4 Å². The van der Waals surface area contributed by atoms with E-state index in [-0.39, 0.29) is 12.1 Å². The number of benzene rings is 1. The second-order valence-electron chi connectivity index (χ2n) is 9.11. The largest absolute Gasteiger partial charge is 0.394 e. The van der Waals surface area contributed by atoms with E-state index >= 15 is 0 Å². The molecule has 2 aromatic rings. The van der Waals surface area contributed by atoms with Gasteiger partial charge in [-0.05, 0) is 67.7 Å². The van der Waals surface area contributed by atoms with Crippen LogP contribution in [0.15, 0.2) is 29.2 Å². The first kappa shape index (κ1) is 21.7. The molecule has 1 aromatic carbocycles. The predicted molar refractivity (Wildman–Crippen MR) is 127 cm³/mol. The quantitative estimate of drug-likeness (QED) is 0.687. The molecule has 0 bridgehead atoms. The Balaban J connectivity index is 1.45. The molecule has 1 unspecified atom stereocenters. The Morgan fingerprint density at radius 1 is 1.28 bits per heavy atom. The highest BCUT2D eigenvalue weighted by molar-refractivity contribution is 7.85. The lowest BCUT2D eigenvalue weighted by atomic mass is 9.77.